The monoisotopic (exact) mass is 519 g/mol. The molecule has 4 rings (SSSR count). The fourth-order valence-corrected chi connectivity index (χ4v) is 9.11. The van der Waals surface area contributed by atoms with Gasteiger partial charge in [0.15, 0.2) is 0 Å². The first-order valence-corrected chi connectivity index (χ1v) is 14.1. The zero-order valence-electron chi connectivity index (χ0n) is 22.9. The van der Waals surface area contributed by atoms with Gasteiger partial charge in [0, 0.05) is 38.6 Å². The van der Waals surface area contributed by atoms with Gasteiger partial charge in [-0.3, -0.25) is 14.4 Å². The number of carbonyl (C=O) groups excluding carboxylic acids is 4. The van der Waals surface area contributed by atoms with E-state index in [2.05, 4.69) is 13.8 Å². The van der Waals surface area contributed by atoms with E-state index in [1.54, 1.807) is 0 Å². The van der Waals surface area contributed by atoms with Crippen molar-refractivity contribution in [3.63, 3.8) is 0 Å². The molecule has 208 valence electrons. The summed E-state index contributed by atoms with van der Waals surface area (Å²) >= 11 is 0. The summed E-state index contributed by atoms with van der Waals surface area (Å²) in [4.78, 5) is 47.3. The van der Waals surface area contributed by atoms with Crippen LogP contribution in [0.25, 0.3) is 0 Å². The van der Waals surface area contributed by atoms with E-state index in [0.29, 0.717) is 6.42 Å². The van der Waals surface area contributed by atoms with Crippen LogP contribution in [0.1, 0.15) is 92.4 Å². The number of hydrogen-bond donors (Lipinski definition) is 0. The summed E-state index contributed by atoms with van der Waals surface area (Å²) < 4.78 is 17.7. The highest BCUT2D eigenvalue weighted by molar-refractivity contribution is 5.67. The van der Waals surface area contributed by atoms with Crippen LogP contribution in [0.3, 0.4) is 0 Å². The number of hydrogen-bond acceptors (Lipinski definition) is 8. The summed E-state index contributed by atoms with van der Waals surface area (Å²) in [6, 6.07) is 0. The zero-order chi connectivity index (χ0) is 27.1. The molecule has 4 unspecified atom stereocenters. The van der Waals surface area contributed by atoms with E-state index in [9.17, 15) is 24.3 Å². The molecule has 0 N–H and O–H groups in total. The molecule has 0 aromatic heterocycles. The van der Waals surface area contributed by atoms with Gasteiger partial charge in [-0.05, 0) is 92.8 Å². The van der Waals surface area contributed by atoms with E-state index < -0.39 is 5.97 Å². The molecule has 0 spiro atoms. The van der Waals surface area contributed by atoms with E-state index >= 15 is 0 Å². The molecule has 37 heavy (non-hydrogen) atoms. The van der Waals surface area contributed by atoms with Gasteiger partial charge >= 0.3 is 17.9 Å². The van der Waals surface area contributed by atoms with Crippen molar-refractivity contribution in [2.45, 2.75) is 111 Å². The van der Waals surface area contributed by atoms with Gasteiger partial charge in [0.2, 0.25) is 0 Å². The van der Waals surface area contributed by atoms with Gasteiger partial charge in [0.05, 0.1) is 0 Å². The van der Waals surface area contributed by atoms with Gasteiger partial charge < -0.3 is 24.1 Å². The van der Waals surface area contributed by atoms with E-state index in [-0.39, 0.29) is 89.5 Å². The topological polar surface area (TPSA) is 119 Å². The predicted molar refractivity (Wildman–Crippen MR) is 131 cm³/mol. The first kappa shape index (κ1) is 27.9. The van der Waals surface area contributed by atoms with E-state index in [1.165, 1.54) is 20.8 Å². The standard InChI is InChI=1S/C29H44O8/c1-15(6-9-26(33)34)21-7-8-22-27(21)25(37-18(4)32)14-23-28(22)24(36-17(3)31)13-19-12-20(35-16(2)30)10-11-29(19,23)5/h15,19-25,27-28H,6-14H2,1-5H3,(H,33,34)/p-1/t15-,19-,20?,21+,22+,23-,24?,25?,27?,28-,29-/m0/s1. The van der Waals surface area contributed by atoms with Crippen molar-refractivity contribution in [2.24, 2.45) is 46.8 Å². The molecule has 11 atom stereocenters. The molecule has 8 nitrogen and oxygen atoms in total. The SMILES string of the molecule is CC(=O)OC1CC[C@@]2(C)[C@@H](C1)CC(OC(C)=O)[C@H]1[C@@H]3CC[C@H]([C@@H](C)CCC(=O)[O-])C3C(OC(C)=O)C[C@@H]12. The third kappa shape index (κ3) is 5.68. The Labute approximate surface area is 220 Å². The highest BCUT2D eigenvalue weighted by Crippen LogP contribution is 2.65. The maximum Gasteiger partial charge on any atom is 0.302 e. The zero-order valence-corrected chi connectivity index (χ0v) is 22.9. The number of carboxylic acid groups (broad SMARTS) is 1. The third-order valence-corrected chi connectivity index (χ3v) is 10.5. The van der Waals surface area contributed by atoms with E-state index in [0.717, 1.165) is 44.9 Å². The Hall–Kier alpha value is -2.12. The fraction of sp³-hybridized carbons (Fsp3) is 0.862. The van der Waals surface area contributed by atoms with Crippen molar-refractivity contribution in [1.29, 1.82) is 0 Å². The summed E-state index contributed by atoms with van der Waals surface area (Å²) in [6.07, 6.45) is 5.85. The quantitative estimate of drug-likeness (QED) is 0.371. The molecule has 0 saturated heterocycles. The average Bonchev–Trinajstić information content (AvgIpc) is 3.23. The Morgan fingerprint density at radius 2 is 1.49 bits per heavy atom. The Morgan fingerprint density at radius 1 is 0.865 bits per heavy atom. The molecule has 0 bridgehead atoms. The molecule has 0 radical (unpaired) electrons. The number of esters is 3. The summed E-state index contributed by atoms with van der Waals surface area (Å²) in [5.41, 5.74) is -0.0278. The number of carbonyl (C=O) groups is 4. The van der Waals surface area contributed by atoms with Crippen LogP contribution in [0.2, 0.25) is 0 Å². The number of fused-ring (bicyclic) bond motifs is 5. The van der Waals surface area contributed by atoms with Crippen LogP contribution >= 0.6 is 0 Å². The van der Waals surface area contributed by atoms with E-state index in [4.69, 9.17) is 14.2 Å². The van der Waals surface area contributed by atoms with Crippen LogP contribution < -0.4 is 5.11 Å². The molecule has 0 aromatic carbocycles. The van der Waals surface area contributed by atoms with Gasteiger partial charge in [-0.1, -0.05) is 13.8 Å². The molecule has 0 amide bonds. The maximum absolute atomic E-state index is 12.2. The highest BCUT2D eigenvalue weighted by Gasteiger charge is 2.63. The largest absolute Gasteiger partial charge is 0.550 e. The van der Waals surface area contributed by atoms with Crippen LogP contribution in [0.15, 0.2) is 0 Å². The highest BCUT2D eigenvalue weighted by atomic mass is 16.6. The summed E-state index contributed by atoms with van der Waals surface area (Å²) in [7, 11) is 0. The minimum Gasteiger partial charge on any atom is -0.550 e. The predicted octanol–water partition coefficient (Wildman–Crippen LogP) is 3.44. The van der Waals surface area contributed by atoms with Crippen molar-refractivity contribution in [1.82, 2.24) is 0 Å². The summed E-state index contributed by atoms with van der Waals surface area (Å²) in [5.74, 6) is -0.459. The molecule has 0 aromatic rings. The molecular weight excluding hydrogens is 476 g/mol. The maximum atomic E-state index is 12.2. The van der Waals surface area contributed by atoms with Gasteiger partial charge in [-0.2, -0.15) is 0 Å². The minimum absolute atomic E-state index is 0.0265. The minimum atomic E-state index is -1.04. The Morgan fingerprint density at radius 3 is 2.08 bits per heavy atom. The molecule has 8 heteroatoms. The second-order valence-electron chi connectivity index (χ2n) is 12.5. The Balaban J connectivity index is 1.66. The number of ether oxygens (including phenoxy) is 3. The van der Waals surface area contributed by atoms with Gasteiger partial charge in [0.25, 0.3) is 0 Å². The van der Waals surface area contributed by atoms with E-state index in [1.807, 2.05) is 0 Å². The smallest absolute Gasteiger partial charge is 0.302 e. The molecule has 4 aliphatic rings. The van der Waals surface area contributed by atoms with Crippen LogP contribution in [0.5, 0.6) is 0 Å². The first-order chi connectivity index (χ1) is 17.4. The van der Waals surface area contributed by atoms with Crippen LogP contribution in [-0.2, 0) is 33.4 Å². The lowest BCUT2D eigenvalue weighted by Crippen LogP contribution is -2.60. The second kappa shape index (κ2) is 10.9. The lowest BCUT2D eigenvalue weighted by atomic mass is 9.45. The average molecular weight is 520 g/mol. The first-order valence-electron chi connectivity index (χ1n) is 14.1. The molecule has 0 heterocycles. The number of carboxylic acids is 1. The molecule has 0 aliphatic heterocycles. The van der Waals surface area contributed by atoms with Crippen LogP contribution in [-0.4, -0.2) is 42.2 Å². The second-order valence-corrected chi connectivity index (χ2v) is 12.5. The van der Waals surface area contributed by atoms with Gasteiger partial charge in [-0.15, -0.1) is 0 Å². The molecule has 4 saturated carbocycles. The number of aliphatic carboxylic acids is 1. The van der Waals surface area contributed by atoms with Crippen molar-refractivity contribution in [2.75, 3.05) is 0 Å². The van der Waals surface area contributed by atoms with Crippen molar-refractivity contribution in [3.05, 3.63) is 0 Å². The molecular formula is C29H43O8-. The summed E-state index contributed by atoms with van der Waals surface area (Å²) in [6.45, 7) is 8.81. The van der Waals surface area contributed by atoms with Crippen molar-refractivity contribution < 1.29 is 38.5 Å². The van der Waals surface area contributed by atoms with Crippen LogP contribution in [0, 0.1) is 46.8 Å². The van der Waals surface area contributed by atoms with Gasteiger partial charge in [-0.25, -0.2) is 0 Å². The normalized spacial score (nSPS) is 41.4. The van der Waals surface area contributed by atoms with Crippen molar-refractivity contribution >= 4 is 23.9 Å². The van der Waals surface area contributed by atoms with Crippen molar-refractivity contribution in [3.8, 4) is 0 Å². The Bertz CT molecular complexity index is 900. The Kier molecular flexibility index (Phi) is 8.25. The summed E-state index contributed by atoms with van der Waals surface area (Å²) in [5, 5.41) is 11.1. The van der Waals surface area contributed by atoms with Gasteiger partial charge in [0.1, 0.15) is 18.3 Å². The number of rotatable bonds is 7. The molecule has 4 fully saturated rings. The lowest BCUT2D eigenvalue weighted by Gasteiger charge is -2.61. The fourth-order valence-electron chi connectivity index (χ4n) is 9.11. The molecule has 4 aliphatic carbocycles. The third-order valence-electron chi connectivity index (χ3n) is 10.5. The lowest BCUT2D eigenvalue weighted by molar-refractivity contribution is -0.306. The van der Waals surface area contributed by atoms with Crippen LogP contribution in [0.4, 0.5) is 0 Å².